The molecule has 126 valence electrons. The second-order valence-corrected chi connectivity index (χ2v) is 6.26. The fourth-order valence-electron chi connectivity index (χ4n) is 2.86. The molecule has 2 fully saturated rings. The van der Waals surface area contributed by atoms with Crippen molar-refractivity contribution < 1.29 is 23.1 Å². The van der Waals surface area contributed by atoms with Crippen LogP contribution in [-0.4, -0.2) is 34.0 Å². The van der Waals surface area contributed by atoms with Crippen LogP contribution in [0.25, 0.3) is 10.9 Å². The van der Waals surface area contributed by atoms with E-state index >= 15 is 0 Å². The van der Waals surface area contributed by atoms with Gasteiger partial charge in [-0.25, -0.2) is 18.0 Å². The molecule has 0 amide bonds. The maximum Gasteiger partial charge on any atom is 0.341 e. The van der Waals surface area contributed by atoms with Gasteiger partial charge in [-0.2, -0.15) is 0 Å². The topological polar surface area (TPSA) is 71.3 Å². The number of carbonyl (C=O) groups is 1. The van der Waals surface area contributed by atoms with Crippen molar-refractivity contribution in [2.24, 2.45) is 0 Å². The zero-order valence-corrected chi connectivity index (χ0v) is 12.3. The molecule has 24 heavy (non-hydrogen) atoms. The van der Waals surface area contributed by atoms with Crippen LogP contribution in [0.3, 0.4) is 0 Å². The van der Waals surface area contributed by atoms with Gasteiger partial charge >= 0.3 is 5.97 Å². The van der Waals surface area contributed by atoms with E-state index in [4.69, 9.17) is 0 Å². The lowest BCUT2D eigenvalue weighted by molar-refractivity contribution is 0.0694. The van der Waals surface area contributed by atoms with Crippen molar-refractivity contribution in [2.75, 3.05) is 5.32 Å². The predicted octanol–water partition coefficient (Wildman–Crippen LogP) is 2.64. The summed E-state index contributed by atoms with van der Waals surface area (Å²) < 4.78 is 42.0. The smallest absolute Gasteiger partial charge is 0.341 e. The van der Waals surface area contributed by atoms with Crippen molar-refractivity contribution in [3.8, 4) is 0 Å². The Kier molecular flexibility index (Phi) is 3.13. The Morgan fingerprint density at radius 2 is 1.92 bits per heavy atom. The molecule has 2 aromatic rings. The molecule has 2 aliphatic rings. The molecular weight excluding hydrogens is 325 g/mol. The number of nitrogens with one attached hydrogen (secondary N) is 1. The van der Waals surface area contributed by atoms with E-state index in [-0.39, 0.29) is 29.4 Å². The highest BCUT2D eigenvalue weighted by Gasteiger charge is 2.41. The van der Waals surface area contributed by atoms with Gasteiger partial charge in [0.25, 0.3) is 0 Å². The molecular formula is C16H13F3N2O3. The van der Waals surface area contributed by atoms with Crippen LogP contribution >= 0.6 is 0 Å². The largest absolute Gasteiger partial charge is 0.477 e. The van der Waals surface area contributed by atoms with Gasteiger partial charge in [0.2, 0.25) is 5.43 Å². The van der Waals surface area contributed by atoms with Gasteiger partial charge in [-0.3, -0.25) is 4.79 Å². The molecule has 0 radical (unpaired) electrons. The van der Waals surface area contributed by atoms with Crippen LogP contribution in [-0.2, 0) is 0 Å². The van der Waals surface area contributed by atoms with Crippen LogP contribution in [0.5, 0.6) is 0 Å². The van der Waals surface area contributed by atoms with Crippen molar-refractivity contribution in [3.63, 3.8) is 0 Å². The molecule has 2 unspecified atom stereocenters. The fraction of sp³-hybridized carbons (Fsp3) is 0.375. The molecule has 0 bridgehead atoms. The number of nitrogens with zero attached hydrogens (tertiary/aromatic N) is 1. The molecule has 2 aliphatic carbocycles. The SMILES string of the molecule is O=C(O)c1cn([C@@H]2C[C@@H]2F)c2cc(F)c(NC3CC3F)cc2c1=O. The fourth-order valence-corrected chi connectivity index (χ4v) is 2.86. The highest BCUT2D eigenvalue weighted by molar-refractivity contribution is 5.93. The average Bonchev–Trinajstić information content (AvgIpc) is 3.41. The van der Waals surface area contributed by atoms with Gasteiger partial charge in [0, 0.05) is 30.5 Å². The first-order chi connectivity index (χ1) is 11.4. The number of halogens is 3. The summed E-state index contributed by atoms with van der Waals surface area (Å²) in [5.41, 5.74) is -1.22. The molecule has 5 nitrogen and oxygen atoms in total. The normalized spacial score (nSPS) is 28.0. The van der Waals surface area contributed by atoms with E-state index < -0.39 is 47.2 Å². The third-order valence-electron chi connectivity index (χ3n) is 4.44. The molecule has 0 aliphatic heterocycles. The van der Waals surface area contributed by atoms with E-state index in [1.807, 2.05) is 0 Å². The van der Waals surface area contributed by atoms with Crippen molar-refractivity contribution in [3.05, 3.63) is 39.9 Å². The van der Waals surface area contributed by atoms with Crippen LogP contribution in [0, 0.1) is 5.82 Å². The van der Waals surface area contributed by atoms with Gasteiger partial charge in [-0.15, -0.1) is 0 Å². The van der Waals surface area contributed by atoms with Crippen molar-refractivity contribution in [1.29, 1.82) is 0 Å². The second-order valence-electron chi connectivity index (χ2n) is 6.26. The summed E-state index contributed by atoms with van der Waals surface area (Å²) in [4.78, 5) is 23.6. The number of benzene rings is 1. The summed E-state index contributed by atoms with van der Waals surface area (Å²) in [6, 6.07) is 1.12. The number of carboxylic acid groups (broad SMARTS) is 1. The number of pyridine rings is 1. The number of carboxylic acids is 1. The molecule has 1 heterocycles. The number of aromatic nitrogens is 1. The number of alkyl halides is 2. The number of hydrogen-bond acceptors (Lipinski definition) is 3. The monoisotopic (exact) mass is 338 g/mol. The first-order valence-electron chi connectivity index (χ1n) is 7.53. The molecule has 1 aromatic carbocycles. The second kappa shape index (κ2) is 4.99. The summed E-state index contributed by atoms with van der Waals surface area (Å²) in [6.45, 7) is 0. The summed E-state index contributed by atoms with van der Waals surface area (Å²) in [6.07, 6.45) is -0.729. The molecule has 8 heteroatoms. The van der Waals surface area contributed by atoms with Crippen molar-refractivity contribution in [2.45, 2.75) is 37.3 Å². The number of aromatic carboxylic acids is 1. The Labute approximate surface area is 133 Å². The quantitative estimate of drug-likeness (QED) is 0.899. The van der Waals surface area contributed by atoms with Gasteiger partial charge in [-0.05, 0) is 6.07 Å². The highest BCUT2D eigenvalue weighted by Crippen LogP contribution is 2.41. The first kappa shape index (κ1) is 15.0. The van der Waals surface area contributed by atoms with Crippen molar-refractivity contribution in [1.82, 2.24) is 4.57 Å². The molecule has 0 saturated heterocycles. The number of anilines is 1. The van der Waals surface area contributed by atoms with Gasteiger partial charge in [-0.1, -0.05) is 0 Å². The summed E-state index contributed by atoms with van der Waals surface area (Å²) >= 11 is 0. The lowest BCUT2D eigenvalue weighted by atomic mass is 10.1. The Bertz CT molecular complexity index is 927. The maximum absolute atomic E-state index is 14.3. The van der Waals surface area contributed by atoms with E-state index in [1.54, 1.807) is 0 Å². The summed E-state index contributed by atoms with van der Waals surface area (Å²) in [5, 5.41) is 11.8. The standard InChI is InChI=1S/C16H13F3N2O3/c17-8-2-12(8)20-11-1-6-13(3-9(11)18)21(14-4-10(14)19)5-7(15(6)22)16(23)24/h1,3,5,8,10,12,14,20H,2,4H2,(H,23,24)/t8?,10-,12?,14+/m0/s1. The minimum Gasteiger partial charge on any atom is -0.477 e. The van der Waals surface area contributed by atoms with Crippen LogP contribution < -0.4 is 10.7 Å². The molecule has 1 aromatic heterocycles. The third kappa shape index (κ3) is 2.33. The van der Waals surface area contributed by atoms with Crippen LogP contribution in [0.2, 0.25) is 0 Å². The van der Waals surface area contributed by atoms with E-state index in [2.05, 4.69) is 5.32 Å². The Morgan fingerprint density at radius 1 is 1.25 bits per heavy atom. The van der Waals surface area contributed by atoms with Gasteiger partial charge in [0.05, 0.1) is 23.3 Å². The zero-order chi connectivity index (χ0) is 17.2. The Hall–Kier alpha value is -2.51. The van der Waals surface area contributed by atoms with Gasteiger partial charge < -0.3 is 15.0 Å². The molecule has 2 N–H and O–H groups in total. The Morgan fingerprint density at radius 3 is 2.46 bits per heavy atom. The average molecular weight is 338 g/mol. The minimum absolute atomic E-state index is 0.0334. The van der Waals surface area contributed by atoms with Gasteiger partial charge in [0.15, 0.2) is 0 Å². The van der Waals surface area contributed by atoms with E-state index in [9.17, 15) is 27.9 Å². The van der Waals surface area contributed by atoms with Crippen molar-refractivity contribution >= 4 is 22.6 Å². The lowest BCUT2D eigenvalue weighted by Gasteiger charge is -2.14. The first-order valence-corrected chi connectivity index (χ1v) is 7.53. The zero-order valence-electron chi connectivity index (χ0n) is 12.3. The lowest BCUT2D eigenvalue weighted by Crippen LogP contribution is -2.19. The molecule has 4 rings (SSSR count). The Balaban J connectivity index is 1.92. The number of rotatable bonds is 4. The van der Waals surface area contributed by atoms with E-state index in [0.717, 1.165) is 12.3 Å². The molecule has 2 saturated carbocycles. The number of fused-ring (bicyclic) bond motifs is 1. The van der Waals surface area contributed by atoms with Crippen LogP contribution in [0.15, 0.2) is 23.1 Å². The van der Waals surface area contributed by atoms with E-state index in [0.29, 0.717) is 0 Å². The molecule has 0 spiro atoms. The van der Waals surface area contributed by atoms with Crippen LogP contribution in [0.1, 0.15) is 29.2 Å². The third-order valence-corrected chi connectivity index (χ3v) is 4.44. The predicted molar refractivity (Wildman–Crippen MR) is 80.6 cm³/mol. The summed E-state index contributed by atoms with van der Waals surface area (Å²) in [5.74, 6) is -2.13. The maximum atomic E-state index is 14.3. The minimum atomic E-state index is -1.43. The summed E-state index contributed by atoms with van der Waals surface area (Å²) in [7, 11) is 0. The van der Waals surface area contributed by atoms with Crippen LogP contribution in [0.4, 0.5) is 18.9 Å². The van der Waals surface area contributed by atoms with Gasteiger partial charge in [0.1, 0.15) is 23.7 Å². The highest BCUT2D eigenvalue weighted by atomic mass is 19.1. The molecule has 4 atom stereocenters. The van der Waals surface area contributed by atoms with E-state index in [1.165, 1.54) is 10.6 Å². The number of hydrogen-bond donors (Lipinski definition) is 2.